The van der Waals surface area contributed by atoms with E-state index in [4.69, 9.17) is 27.9 Å². The second-order valence-electron chi connectivity index (χ2n) is 5.49. The number of halogens is 2. The number of thiophene rings is 2. The van der Waals surface area contributed by atoms with Crippen molar-refractivity contribution in [3.05, 3.63) is 73.0 Å². The van der Waals surface area contributed by atoms with Gasteiger partial charge in [-0.25, -0.2) is 0 Å². The molecule has 0 aliphatic rings. The van der Waals surface area contributed by atoms with Gasteiger partial charge in [0.15, 0.2) is 6.61 Å². The summed E-state index contributed by atoms with van der Waals surface area (Å²) < 4.78 is 5.42. The predicted molar refractivity (Wildman–Crippen MR) is 107 cm³/mol. The van der Waals surface area contributed by atoms with Gasteiger partial charge >= 0.3 is 0 Å². The van der Waals surface area contributed by atoms with Crippen molar-refractivity contribution >= 4 is 51.8 Å². The second-order valence-corrected chi connectivity index (χ2v) is 8.06. The first kappa shape index (κ1) is 19.2. The molecule has 26 heavy (non-hydrogen) atoms. The average Bonchev–Trinajstić information content (AvgIpc) is 3.32. The molecule has 2 aromatic heterocycles. The molecule has 0 saturated heterocycles. The molecule has 2 N–H and O–H groups in total. The Labute approximate surface area is 169 Å². The van der Waals surface area contributed by atoms with Crippen LogP contribution in [0.25, 0.3) is 0 Å². The minimum atomic E-state index is -1.28. The van der Waals surface area contributed by atoms with Gasteiger partial charge in [-0.3, -0.25) is 4.79 Å². The Kier molecular flexibility index (Phi) is 6.21. The minimum absolute atomic E-state index is 0.0425. The molecular weight excluding hydrogens is 413 g/mol. The number of carbonyl (C=O) groups is 1. The fourth-order valence-corrected chi connectivity index (χ4v) is 4.39. The van der Waals surface area contributed by atoms with Crippen LogP contribution in [0, 0.1) is 0 Å². The molecule has 1 atom stereocenters. The van der Waals surface area contributed by atoms with Crippen LogP contribution >= 0.6 is 45.9 Å². The van der Waals surface area contributed by atoms with Gasteiger partial charge in [-0.15, -0.1) is 11.3 Å². The van der Waals surface area contributed by atoms with Gasteiger partial charge in [0.2, 0.25) is 0 Å². The van der Waals surface area contributed by atoms with E-state index in [2.05, 4.69) is 5.32 Å². The molecule has 1 aromatic carbocycles. The smallest absolute Gasteiger partial charge is 0.258 e. The van der Waals surface area contributed by atoms with Crippen LogP contribution in [0.3, 0.4) is 0 Å². The quantitative estimate of drug-likeness (QED) is 0.581. The highest BCUT2D eigenvalue weighted by Gasteiger charge is 2.33. The maximum absolute atomic E-state index is 12.2. The van der Waals surface area contributed by atoms with Crippen molar-refractivity contribution in [3.63, 3.8) is 0 Å². The fraction of sp³-hybridized carbons (Fsp3) is 0.167. The van der Waals surface area contributed by atoms with E-state index in [9.17, 15) is 9.90 Å². The van der Waals surface area contributed by atoms with Gasteiger partial charge in [0.05, 0.1) is 11.6 Å². The molecular formula is C18H15Cl2NO3S2. The van der Waals surface area contributed by atoms with E-state index in [1.165, 1.54) is 22.7 Å². The zero-order chi connectivity index (χ0) is 18.6. The molecule has 136 valence electrons. The van der Waals surface area contributed by atoms with Crippen molar-refractivity contribution in [2.45, 2.75) is 5.60 Å². The number of amides is 1. The highest BCUT2D eigenvalue weighted by Crippen LogP contribution is 2.33. The number of benzene rings is 1. The lowest BCUT2D eigenvalue weighted by atomic mass is 9.94. The van der Waals surface area contributed by atoms with E-state index in [1.54, 1.807) is 18.2 Å². The topological polar surface area (TPSA) is 58.6 Å². The van der Waals surface area contributed by atoms with Gasteiger partial charge in [0, 0.05) is 15.5 Å². The lowest BCUT2D eigenvalue weighted by Gasteiger charge is -2.27. The van der Waals surface area contributed by atoms with Crippen LogP contribution in [0.2, 0.25) is 10.0 Å². The van der Waals surface area contributed by atoms with Crippen LogP contribution in [-0.4, -0.2) is 24.2 Å². The Hall–Kier alpha value is -1.57. The van der Waals surface area contributed by atoms with Gasteiger partial charge in [0.1, 0.15) is 11.4 Å². The monoisotopic (exact) mass is 427 g/mol. The van der Waals surface area contributed by atoms with Gasteiger partial charge in [-0.05, 0) is 46.5 Å². The number of hydrogen-bond acceptors (Lipinski definition) is 5. The summed E-state index contributed by atoms with van der Waals surface area (Å²) in [7, 11) is 0. The van der Waals surface area contributed by atoms with E-state index in [-0.39, 0.29) is 19.1 Å². The van der Waals surface area contributed by atoms with Gasteiger partial charge in [-0.2, -0.15) is 11.3 Å². The van der Waals surface area contributed by atoms with Gasteiger partial charge in [-0.1, -0.05) is 29.3 Å². The van der Waals surface area contributed by atoms with Crippen molar-refractivity contribution in [3.8, 4) is 5.75 Å². The molecule has 4 nitrogen and oxygen atoms in total. The van der Waals surface area contributed by atoms with Crippen molar-refractivity contribution in [2.75, 3.05) is 13.2 Å². The predicted octanol–water partition coefficient (Wildman–Crippen LogP) is 4.55. The first-order valence-electron chi connectivity index (χ1n) is 7.62. The first-order valence-corrected chi connectivity index (χ1v) is 10.2. The number of ether oxygens (including phenoxy) is 1. The lowest BCUT2D eigenvalue weighted by Crippen LogP contribution is -2.42. The first-order chi connectivity index (χ1) is 12.5. The van der Waals surface area contributed by atoms with Crippen molar-refractivity contribution < 1.29 is 14.6 Å². The normalized spacial score (nSPS) is 13.2. The minimum Gasteiger partial charge on any atom is -0.482 e. The molecule has 0 fully saturated rings. The summed E-state index contributed by atoms with van der Waals surface area (Å²) in [5.74, 6) is 0.0128. The van der Waals surface area contributed by atoms with E-state index < -0.39 is 5.60 Å². The summed E-state index contributed by atoms with van der Waals surface area (Å²) in [6.07, 6.45) is 0. The summed E-state index contributed by atoms with van der Waals surface area (Å²) in [6.45, 7) is -0.174. The molecule has 0 bridgehead atoms. The molecule has 2 heterocycles. The van der Waals surface area contributed by atoms with Gasteiger partial charge < -0.3 is 15.2 Å². The van der Waals surface area contributed by atoms with E-state index in [0.717, 1.165) is 10.4 Å². The second kappa shape index (κ2) is 8.41. The number of hydrogen-bond donors (Lipinski definition) is 2. The summed E-state index contributed by atoms with van der Waals surface area (Å²) in [6, 6.07) is 10.3. The number of carbonyl (C=O) groups excluding carboxylic acids is 1. The van der Waals surface area contributed by atoms with Crippen LogP contribution in [0.1, 0.15) is 10.4 Å². The van der Waals surface area contributed by atoms with Crippen molar-refractivity contribution in [2.24, 2.45) is 0 Å². The van der Waals surface area contributed by atoms with E-state index in [1.807, 2.05) is 34.3 Å². The third-order valence-electron chi connectivity index (χ3n) is 3.72. The molecule has 0 aliphatic carbocycles. The van der Waals surface area contributed by atoms with E-state index in [0.29, 0.717) is 15.8 Å². The highest BCUT2D eigenvalue weighted by atomic mass is 35.5. The summed E-state index contributed by atoms with van der Waals surface area (Å²) >= 11 is 14.8. The number of rotatable bonds is 7. The summed E-state index contributed by atoms with van der Waals surface area (Å²) in [5.41, 5.74) is -0.534. The molecule has 1 amide bonds. The Morgan fingerprint density at radius 1 is 1.23 bits per heavy atom. The van der Waals surface area contributed by atoms with Gasteiger partial charge in [0.25, 0.3) is 5.91 Å². The Bertz CT molecular complexity index is 832. The van der Waals surface area contributed by atoms with Crippen LogP contribution in [0.4, 0.5) is 0 Å². The highest BCUT2D eigenvalue weighted by molar-refractivity contribution is 7.10. The summed E-state index contributed by atoms with van der Waals surface area (Å²) in [4.78, 5) is 12.9. The molecule has 3 rings (SSSR count). The molecule has 0 spiro atoms. The van der Waals surface area contributed by atoms with Crippen LogP contribution in [0.15, 0.2) is 52.5 Å². The van der Waals surface area contributed by atoms with E-state index >= 15 is 0 Å². The molecule has 1 unspecified atom stereocenters. The lowest BCUT2D eigenvalue weighted by molar-refractivity contribution is -0.124. The van der Waals surface area contributed by atoms with Crippen LogP contribution < -0.4 is 10.1 Å². The number of nitrogens with one attached hydrogen (secondary N) is 1. The molecule has 0 saturated carbocycles. The maximum Gasteiger partial charge on any atom is 0.258 e. The SMILES string of the molecule is O=C(COc1ccc(Cl)cc1Cl)NCC(O)(c1ccsc1)c1cccs1. The largest absolute Gasteiger partial charge is 0.482 e. The molecule has 0 radical (unpaired) electrons. The fourth-order valence-electron chi connectivity index (χ4n) is 2.36. The Balaban J connectivity index is 1.63. The Morgan fingerprint density at radius 3 is 2.73 bits per heavy atom. The average molecular weight is 428 g/mol. The zero-order valence-electron chi connectivity index (χ0n) is 13.4. The zero-order valence-corrected chi connectivity index (χ0v) is 16.6. The summed E-state index contributed by atoms with van der Waals surface area (Å²) in [5, 5.41) is 20.4. The van der Waals surface area contributed by atoms with Crippen molar-refractivity contribution in [1.29, 1.82) is 0 Å². The molecule has 3 aromatic rings. The Morgan fingerprint density at radius 2 is 2.08 bits per heavy atom. The standard InChI is InChI=1S/C18H15Cl2NO3S2/c19-13-3-4-15(14(20)8-13)24-9-17(22)21-11-18(23,12-5-7-25-10-12)16-2-1-6-26-16/h1-8,10,23H,9,11H2,(H,21,22). The van der Waals surface area contributed by atoms with Crippen LogP contribution in [0.5, 0.6) is 5.75 Å². The van der Waals surface area contributed by atoms with Crippen LogP contribution in [-0.2, 0) is 10.4 Å². The maximum atomic E-state index is 12.2. The third kappa shape index (κ3) is 4.39. The van der Waals surface area contributed by atoms with Crippen molar-refractivity contribution in [1.82, 2.24) is 5.32 Å². The third-order valence-corrected chi connectivity index (χ3v) is 5.96. The molecule has 0 aliphatic heterocycles. The molecule has 8 heteroatoms. The number of aliphatic hydroxyl groups is 1.